The van der Waals surface area contributed by atoms with Crippen LogP contribution in [-0.4, -0.2) is 33.9 Å². The molecule has 24 heavy (non-hydrogen) atoms. The molecule has 0 bridgehead atoms. The third-order valence-corrected chi connectivity index (χ3v) is 4.10. The Bertz CT molecular complexity index is 812. The average molecular weight is 391 g/mol. The van der Waals surface area contributed by atoms with Gasteiger partial charge in [0.05, 0.1) is 23.5 Å². The van der Waals surface area contributed by atoms with Crippen molar-refractivity contribution < 1.29 is 14.3 Å². The van der Waals surface area contributed by atoms with Crippen molar-refractivity contribution in [1.29, 1.82) is 0 Å². The number of fused-ring (bicyclic) bond motifs is 1. The van der Waals surface area contributed by atoms with Gasteiger partial charge in [-0.15, -0.1) is 6.42 Å². The van der Waals surface area contributed by atoms with Crippen molar-refractivity contribution >= 4 is 27.8 Å². The first kappa shape index (κ1) is 16.3. The summed E-state index contributed by atoms with van der Waals surface area (Å²) in [6, 6.07) is 3.45. The molecule has 8 heteroatoms. The maximum atomic E-state index is 11.9. The van der Waals surface area contributed by atoms with E-state index in [2.05, 4.69) is 37.2 Å². The van der Waals surface area contributed by atoms with Gasteiger partial charge >= 0.3 is 0 Å². The van der Waals surface area contributed by atoms with E-state index < -0.39 is 0 Å². The number of amides is 1. The van der Waals surface area contributed by atoms with Crippen molar-refractivity contribution in [1.82, 2.24) is 14.8 Å². The fourth-order valence-electron chi connectivity index (χ4n) is 2.56. The van der Waals surface area contributed by atoms with Crippen LogP contribution in [0.5, 0.6) is 11.5 Å². The summed E-state index contributed by atoms with van der Waals surface area (Å²) in [4.78, 5) is 16.0. The highest BCUT2D eigenvalue weighted by Gasteiger charge is 2.29. The molecule has 0 saturated carbocycles. The van der Waals surface area contributed by atoms with Crippen LogP contribution in [0, 0.1) is 12.3 Å². The van der Waals surface area contributed by atoms with Crippen LogP contribution in [0.15, 0.2) is 22.9 Å². The molecule has 1 atom stereocenters. The van der Waals surface area contributed by atoms with Gasteiger partial charge in [-0.2, -0.15) is 10.1 Å². The maximum absolute atomic E-state index is 11.9. The summed E-state index contributed by atoms with van der Waals surface area (Å²) < 4.78 is 13.6. The molecule has 1 N–H and O–H groups in total. The van der Waals surface area contributed by atoms with Crippen LogP contribution >= 0.6 is 15.9 Å². The Morgan fingerprint density at radius 3 is 3.08 bits per heavy atom. The van der Waals surface area contributed by atoms with Crippen molar-refractivity contribution in [3.63, 3.8) is 0 Å². The molecule has 2 aromatic rings. The van der Waals surface area contributed by atoms with E-state index in [1.54, 1.807) is 4.68 Å². The molecule has 0 radical (unpaired) electrons. The zero-order chi connectivity index (χ0) is 17.1. The number of nitrogens with zero attached hydrogens (tertiary/aromatic N) is 3. The Balaban J connectivity index is 2.03. The smallest absolute Gasteiger partial charge is 0.229 e. The number of hydrogen-bond acceptors (Lipinski definition) is 5. The normalized spacial score (nSPS) is 16.0. The van der Waals surface area contributed by atoms with E-state index in [1.807, 2.05) is 19.1 Å². The van der Waals surface area contributed by atoms with Crippen molar-refractivity contribution in [2.45, 2.75) is 19.4 Å². The summed E-state index contributed by atoms with van der Waals surface area (Å²) in [5, 5.41) is 6.90. The number of benzene rings is 1. The summed E-state index contributed by atoms with van der Waals surface area (Å²) in [5.74, 6) is 3.85. The fraction of sp³-hybridized carbons (Fsp3) is 0.312. The Morgan fingerprint density at radius 1 is 1.50 bits per heavy atom. The molecular formula is C16H15BrN4O3. The number of aromatic nitrogens is 3. The molecule has 124 valence electrons. The van der Waals surface area contributed by atoms with Gasteiger partial charge < -0.3 is 9.47 Å². The van der Waals surface area contributed by atoms with Gasteiger partial charge in [-0.3, -0.25) is 10.1 Å². The first-order chi connectivity index (χ1) is 11.6. The van der Waals surface area contributed by atoms with Crippen LogP contribution in [0.3, 0.4) is 0 Å². The lowest BCUT2D eigenvalue weighted by molar-refractivity contribution is -0.117. The Labute approximate surface area is 147 Å². The first-order valence-electron chi connectivity index (χ1n) is 7.36. The summed E-state index contributed by atoms with van der Waals surface area (Å²) in [6.45, 7) is 2.49. The Kier molecular flexibility index (Phi) is 4.71. The second kappa shape index (κ2) is 6.93. The number of carbonyl (C=O) groups is 1. The molecule has 2 heterocycles. The van der Waals surface area contributed by atoms with Crippen molar-refractivity contribution in [3.05, 3.63) is 28.5 Å². The lowest BCUT2D eigenvalue weighted by Crippen LogP contribution is -2.29. The van der Waals surface area contributed by atoms with Gasteiger partial charge in [-0.1, -0.05) is 5.92 Å². The quantitative estimate of drug-likeness (QED) is 0.792. The Morgan fingerprint density at radius 2 is 2.33 bits per heavy atom. The molecule has 0 unspecified atom stereocenters. The van der Waals surface area contributed by atoms with Gasteiger partial charge in [0.1, 0.15) is 12.9 Å². The monoisotopic (exact) mass is 390 g/mol. The highest BCUT2D eigenvalue weighted by atomic mass is 79.9. The zero-order valence-corrected chi connectivity index (χ0v) is 14.5. The highest BCUT2D eigenvalue weighted by Crippen LogP contribution is 2.40. The number of terminal acetylenes is 1. The number of anilines is 1. The minimum absolute atomic E-state index is 0.109. The van der Waals surface area contributed by atoms with E-state index in [4.69, 9.17) is 15.9 Å². The van der Waals surface area contributed by atoms with Gasteiger partial charge in [0, 0.05) is 0 Å². The molecular weight excluding hydrogens is 376 g/mol. The molecule has 1 amide bonds. The van der Waals surface area contributed by atoms with E-state index >= 15 is 0 Å². The molecule has 0 saturated heterocycles. The molecule has 1 aromatic carbocycles. The molecule has 3 rings (SSSR count). The van der Waals surface area contributed by atoms with Gasteiger partial charge in [-0.05, 0) is 40.5 Å². The summed E-state index contributed by atoms with van der Waals surface area (Å²) >= 11 is 3.49. The number of nitrogens with one attached hydrogen (secondary N) is 1. The SMILES string of the molecule is C#CCOc1c(Br)cc([C@@H]2CC(=O)Nc3ncnn32)cc1OCC. The molecule has 1 aliphatic rings. The summed E-state index contributed by atoms with van der Waals surface area (Å²) in [5.41, 5.74) is 0.861. The second-order valence-corrected chi connectivity index (χ2v) is 5.91. The minimum atomic E-state index is -0.270. The number of rotatable bonds is 5. The lowest BCUT2D eigenvalue weighted by atomic mass is 10.0. The van der Waals surface area contributed by atoms with Gasteiger partial charge in [0.15, 0.2) is 11.5 Å². The maximum Gasteiger partial charge on any atom is 0.229 e. The largest absolute Gasteiger partial charge is 0.490 e. The summed E-state index contributed by atoms with van der Waals surface area (Å²) in [6.07, 6.45) is 6.94. The molecule has 0 fully saturated rings. The van der Waals surface area contributed by atoms with E-state index in [0.29, 0.717) is 28.5 Å². The van der Waals surface area contributed by atoms with Gasteiger partial charge in [0.25, 0.3) is 0 Å². The minimum Gasteiger partial charge on any atom is -0.490 e. The molecule has 7 nitrogen and oxygen atoms in total. The topological polar surface area (TPSA) is 78.3 Å². The number of halogens is 1. The standard InChI is InChI=1S/C16H15BrN4O3/c1-3-5-24-15-11(17)6-10(7-13(15)23-4-2)12-8-14(22)20-16-18-9-19-21(12)16/h1,6-7,9,12H,4-5,8H2,2H3,(H,18,19,20,22)/t12-/m0/s1. The fourth-order valence-corrected chi connectivity index (χ4v) is 3.14. The van der Waals surface area contributed by atoms with Crippen LogP contribution in [0.25, 0.3) is 0 Å². The molecule has 0 spiro atoms. The number of ether oxygens (including phenoxy) is 2. The van der Waals surface area contributed by atoms with Gasteiger partial charge in [-0.25, -0.2) is 4.68 Å². The van der Waals surface area contributed by atoms with Crippen LogP contribution < -0.4 is 14.8 Å². The van der Waals surface area contributed by atoms with Crippen molar-refractivity contribution in [3.8, 4) is 23.8 Å². The van der Waals surface area contributed by atoms with E-state index in [0.717, 1.165) is 5.56 Å². The summed E-state index contributed by atoms with van der Waals surface area (Å²) in [7, 11) is 0. The molecule has 1 aromatic heterocycles. The van der Waals surface area contributed by atoms with Crippen LogP contribution in [0.4, 0.5) is 5.95 Å². The van der Waals surface area contributed by atoms with Gasteiger partial charge in [0.2, 0.25) is 11.9 Å². The van der Waals surface area contributed by atoms with Crippen molar-refractivity contribution in [2.75, 3.05) is 18.5 Å². The van der Waals surface area contributed by atoms with E-state index in [-0.39, 0.29) is 25.0 Å². The highest BCUT2D eigenvalue weighted by molar-refractivity contribution is 9.10. The molecule has 1 aliphatic heterocycles. The molecule has 0 aliphatic carbocycles. The number of hydrogen-bond donors (Lipinski definition) is 1. The third-order valence-electron chi connectivity index (χ3n) is 3.51. The lowest BCUT2D eigenvalue weighted by Gasteiger charge is -2.25. The predicted octanol–water partition coefficient (Wildman–Crippen LogP) is 2.38. The number of carbonyl (C=O) groups excluding carboxylic acids is 1. The zero-order valence-electron chi connectivity index (χ0n) is 13.0. The van der Waals surface area contributed by atoms with Crippen LogP contribution in [0.1, 0.15) is 24.9 Å². The van der Waals surface area contributed by atoms with Crippen LogP contribution in [0.2, 0.25) is 0 Å². The van der Waals surface area contributed by atoms with Crippen molar-refractivity contribution in [2.24, 2.45) is 0 Å². The van der Waals surface area contributed by atoms with E-state index in [1.165, 1.54) is 6.33 Å². The predicted molar refractivity (Wildman–Crippen MR) is 91.0 cm³/mol. The average Bonchev–Trinajstić information content (AvgIpc) is 3.01. The van der Waals surface area contributed by atoms with Crippen LogP contribution in [-0.2, 0) is 4.79 Å². The van der Waals surface area contributed by atoms with E-state index in [9.17, 15) is 4.79 Å². The Hall–Kier alpha value is -2.53. The third kappa shape index (κ3) is 3.08. The first-order valence-corrected chi connectivity index (χ1v) is 8.15. The second-order valence-electron chi connectivity index (χ2n) is 5.05.